The first-order valence-electron chi connectivity index (χ1n) is 4.70. The number of amides is 1. The molecule has 3 heteroatoms. The van der Waals surface area contributed by atoms with E-state index >= 15 is 0 Å². The maximum Gasteiger partial charge on any atom is 0.232 e. The van der Waals surface area contributed by atoms with Gasteiger partial charge in [0.15, 0.2) is 0 Å². The Morgan fingerprint density at radius 3 is 2.50 bits per heavy atom. The van der Waals surface area contributed by atoms with Crippen LogP contribution in [0, 0.1) is 0 Å². The zero-order chi connectivity index (χ0) is 10.1. The van der Waals surface area contributed by atoms with Gasteiger partial charge in [-0.25, -0.2) is 0 Å². The zero-order valence-electron chi connectivity index (χ0n) is 8.05. The van der Waals surface area contributed by atoms with Gasteiger partial charge in [0, 0.05) is 13.5 Å². The minimum absolute atomic E-state index is 0.00343. The number of likely N-dealkylation sites (N-methyl/N-ethyl adjacent to an activating group) is 1. The Labute approximate surface area is 83.0 Å². The number of carbonyl (C=O) groups excluding carboxylic acids is 1. The molecule has 2 atom stereocenters. The highest BCUT2D eigenvalue weighted by atomic mass is 16.3. The summed E-state index contributed by atoms with van der Waals surface area (Å²) >= 11 is 0. The van der Waals surface area contributed by atoms with Crippen LogP contribution in [-0.4, -0.2) is 29.2 Å². The van der Waals surface area contributed by atoms with Crippen LogP contribution in [0.15, 0.2) is 30.3 Å². The summed E-state index contributed by atoms with van der Waals surface area (Å²) in [6.07, 6.45) is -0.132. The number of benzene rings is 1. The third-order valence-corrected chi connectivity index (χ3v) is 2.74. The Bertz CT molecular complexity index is 336. The second-order valence-electron chi connectivity index (χ2n) is 3.63. The van der Waals surface area contributed by atoms with E-state index in [1.54, 1.807) is 7.05 Å². The number of nitrogens with zero attached hydrogens (tertiary/aromatic N) is 1. The third-order valence-electron chi connectivity index (χ3n) is 2.74. The molecule has 0 aliphatic carbocycles. The minimum atomic E-state index is -0.632. The number of aliphatic hydroxyl groups excluding tert-OH is 1. The maximum absolute atomic E-state index is 11.7. The predicted octanol–water partition coefficient (Wildman–Crippen LogP) is 0.951. The van der Waals surface area contributed by atoms with Crippen molar-refractivity contribution in [2.45, 2.75) is 18.6 Å². The van der Waals surface area contributed by atoms with E-state index in [0.29, 0.717) is 6.42 Å². The summed E-state index contributed by atoms with van der Waals surface area (Å²) in [4.78, 5) is 13.1. The monoisotopic (exact) mass is 191 g/mol. The molecule has 0 radical (unpaired) electrons. The van der Waals surface area contributed by atoms with E-state index in [1.165, 1.54) is 4.90 Å². The molecule has 1 unspecified atom stereocenters. The fourth-order valence-electron chi connectivity index (χ4n) is 1.83. The molecule has 3 nitrogen and oxygen atoms in total. The summed E-state index contributed by atoms with van der Waals surface area (Å²) in [7, 11) is 1.63. The van der Waals surface area contributed by atoms with E-state index in [1.807, 2.05) is 30.3 Å². The van der Waals surface area contributed by atoms with Crippen molar-refractivity contribution in [2.75, 3.05) is 7.05 Å². The highest BCUT2D eigenvalue weighted by Gasteiger charge is 2.36. The van der Waals surface area contributed by atoms with Crippen LogP contribution < -0.4 is 0 Å². The number of hydrogen-bond acceptors (Lipinski definition) is 2. The summed E-state index contributed by atoms with van der Waals surface area (Å²) in [5.74, 6) is -0.167. The Morgan fingerprint density at radius 2 is 2.00 bits per heavy atom. The number of likely N-dealkylation sites (tertiary alicyclic amines) is 1. The van der Waals surface area contributed by atoms with E-state index in [4.69, 9.17) is 0 Å². The van der Waals surface area contributed by atoms with Crippen LogP contribution in [0.2, 0.25) is 0 Å². The lowest BCUT2D eigenvalue weighted by atomic mass is 9.98. The molecular weight excluding hydrogens is 178 g/mol. The smallest absolute Gasteiger partial charge is 0.232 e. The van der Waals surface area contributed by atoms with Gasteiger partial charge >= 0.3 is 0 Å². The third kappa shape index (κ3) is 1.40. The van der Waals surface area contributed by atoms with Crippen molar-refractivity contribution in [1.29, 1.82) is 0 Å². The Kier molecular flexibility index (Phi) is 2.25. The van der Waals surface area contributed by atoms with Crippen molar-refractivity contribution in [1.82, 2.24) is 4.90 Å². The van der Waals surface area contributed by atoms with Gasteiger partial charge in [-0.15, -0.1) is 0 Å². The number of aliphatic hydroxyl groups is 1. The fourth-order valence-corrected chi connectivity index (χ4v) is 1.83. The molecule has 1 saturated heterocycles. The SMILES string of the molecule is CN1C(=O)[C@H](c2ccccc2)CC1O. The highest BCUT2D eigenvalue weighted by molar-refractivity contribution is 5.85. The summed E-state index contributed by atoms with van der Waals surface area (Å²) in [5, 5.41) is 9.50. The largest absolute Gasteiger partial charge is 0.373 e. The Balaban J connectivity index is 2.26. The summed E-state index contributed by atoms with van der Waals surface area (Å²) in [6.45, 7) is 0. The second-order valence-corrected chi connectivity index (χ2v) is 3.63. The van der Waals surface area contributed by atoms with Crippen LogP contribution in [0.4, 0.5) is 0 Å². The molecule has 0 aromatic heterocycles. The molecule has 74 valence electrons. The zero-order valence-corrected chi connectivity index (χ0v) is 8.05. The molecule has 1 heterocycles. The molecular formula is C11H13NO2. The van der Waals surface area contributed by atoms with E-state index in [0.717, 1.165) is 5.56 Å². The van der Waals surface area contributed by atoms with Gasteiger partial charge in [0.05, 0.1) is 5.92 Å². The lowest BCUT2D eigenvalue weighted by Gasteiger charge is -2.12. The van der Waals surface area contributed by atoms with E-state index in [9.17, 15) is 9.90 Å². The summed E-state index contributed by atoms with van der Waals surface area (Å²) in [6, 6.07) is 9.59. The first-order valence-corrected chi connectivity index (χ1v) is 4.70. The molecule has 14 heavy (non-hydrogen) atoms. The van der Waals surface area contributed by atoms with Crippen LogP contribution in [-0.2, 0) is 4.79 Å². The van der Waals surface area contributed by atoms with Crippen LogP contribution in [0.25, 0.3) is 0 Å². The van der Waals surface area contributed by atoms with E-state index in [-0.39, 0.29) is 11.8 Å². The van der Waals surface area contributed by atoms with Crippen molar-refractivity contribution in [3.63, 3.8) is 0 Å². The molecule has 1 aliphatic rings. The van der Waals surface area contributed by atoms with Crippen LogP contribution >= 0.6 is 0 Å². The van der Waals surface area contributed by atoms with Crippen molar-refractivity contribution < 1.29 is 9.90 Å². The lowest BCUT2D eigenvalue weighted by Crippen LogP contribution is -2.28. The molecule has 2 rings (SSSR count). The number of hydrogen-bond donors (Lipinski definition) is 1. The Morgan fingerprint density at radius 1 is 1.36 bits per heavy atom. The van der Waals surface area contributed by atoms with Gasteiger partial charge in [-0.3, -0.25) is 4.79 Å². The summed E-state index contributed by atoms with van der Waals surface area (Å²) in [5.41, 5.74) is 0.987. The van der Waals surface area contributed by atoms with Crippen molar-refractivity contribution in [3.05, 3.63) is 35.9 Å². The molecule has 0 saturated carbocycles. The lowest BCUT2D eigenvalue weighted by molar-refractivity contribution is -0.132. The van der Waals surface area contributed by atoms with Crippen molar-refractivity contribution >= 4 is 5.91 Å². The second kappa shape index (κ2) is 3.42. The van der Waals surface area contributed by atoms with Gasteiger partial charge in [0.1, 0.15) is 6.23 Å². The van der Waals surface area contributed by atoms with Gasteiger partial charge < -0.3 is 10.0 Å². The fraction of sp³-hybridized carbons (Fsp3) is 0.364. The van der Waals surface area contributed by atoms with Gasteiger partial charge in [-0.05, 0) is 5.56 Å². The topological polar surface area (TPSA) is 40.5 Å². The quantitative estimate of drug-likeness (QED) is 0.718. The maximum atomic E-state index is 11.7. The first-order chi connectivity index (χ1) is 6.70. The van der Waals surface area contributed by atoms with Gasteiger partial charge in [-0.2, -0.15) is 0 Å². The molecule has 1 aromatic rings. The van der Waals surface area contributed by atoms with Crippen molar-refractivity contribution in [3.8, 4) is 0 Å². The van der Waals surface area contributed by atoms with Crippen LogP contribution in [0.1, 0.15) is 17.9 Å². The number of rotatable bonds is 1. The van der Waals surface area contributed by atoms with Crippen LogP contribution in [0.3, 0.4) is 0 Å². The van der Waals surface area contributed by atoms with Crippen LogP contribution in [0.5, 0.6) is 0 Å². The molecule has 0 bridgehead atoms. The predicted molar refractivity (Wildman–Crippen MR) is 52.6 cm³/mol. The molecule has 1 N–H and O–H groups in total. The number of carbonyl (C=O) groups is 1. The minimum Gasteiger partial charge on any atom is -0.373 e. The Hall–Kier alpha value is -1.35. The van der Waals surface area contributed by atoms with E-state index in [2.05, 4.69) is 0 Å². The van der Waals surface area contributed by atoms with Gasteiger partial charge in [-0.1, -0.05) is 30.3 Å². The standard InChI is InChI=1S/C11H13NO2/c1-12-10(13)7-9(11(12)14)8-5-3-2-4-6-8/h2-6,9-10,13H,7H2,1H3/t9-,10?/m0/s1. The molecule has 1 fully saturated rings. The van der Waals surface area contributed by atoms with E-state index < -0.39 is 6.23 Å². The van der Waals surface area contributed by atoms with Gasteiger partial charge in [0.2, 0.25) is 5.91 Å². The normalized spacial score (nSPS) is 27.0. The average molecular weight is 191 g/mol. The highest BCUT2D eigenvalue weighted by Crippen LogP contribution is 2.30. The molecule has 1 aromatic carbocycles. The van der Waals surface area contributed by atoms with Crippen molar-refractivity contribution in [2.24, 2.45) is 0 Å². The average Bonchev–Trinajstić information content (AvgIpc) is 2.47. The van der Waals surface area contributed by atoms with Gasteiger partial charge in [0.25, 0.3) is 0 Å². The molecule has 0 spiro atoms. The summed E-state index contributed by atoms with van der Waals surface area (Å²) < 4.78 is 0. The first kappa shape index (κ1) is 9.21. The molecule has 1 aliphatic heterocycles. The molecule has 1 amide bonds.